The zero-order valence-electron chi connectivity index (χ0n) is 10.2. The molecular weight excluding hydrogens is 332 g/mol. The molecule has 1 heterocycles. The third-order valence-electron chi connectivity index (χ3n) is 2.38. The Labute approximate surface area is 124 Å². The van der Waals surface area contributed by atoms with Crippen LogP contribution in [0.5, 0.6) is 5.75 Å². The number of carbonyl (C=O) groups excluding carboxylic acids is 1. The SMILES string of the molecule is CCOc1ccc(NC(=O)c2cc(Br)c[nH]2)cc1Cl. The molecule has 0 spiro atoms. The fourth-order valence-corrected chi connectivity index (χ4v) is 2.13. The number of H-pyrrole nitrogens is 1. The summed E-state index contributed by atoms with van der Waals surface area (Å²) in [6, 6.07) is 6.83. The minimum Gasteiger partial charge on any atom is -0.492 e. The first-order valence-electron chi connectivity index (χ1n) is 5.67. The van der Waals surface area contributed by atoms with E-state index < -0.39 is 0 Å². The standard InChI is InChI=1S/C13H12BrClN2O2/c1-2-19-12-4-3-9(6-10(12)15)17-13(18)11-5-8(14)7-16-11/h3-7,16H,2H2,1H3,(H,17,18). The number of anilines is 1. The fraction of sp³-hybridized carbons (Fsp3) is 0.154. The highest BCUT2D eigenvalue weighted by Crippen LogP contribution is 2.27. The summed E-state index contributed by atoms with van der Waals surface area (Å²) in [7, 11) is 0. The first-order chi connectivity index (χ1) is 9.10. The van der Waals surface area contributed by atoms with Gasteiger partial charge >= 0.3 is 0 Å². The first kappa shape index (κ1) is 14.0. The van der Waals surface area contributed by atoms with Crippen LogP contribution in [0.3, 0.4) is 0 Å². The lowest BCUT2D eigenvalue weighted by molar-refractivity contribution is 0.102. The minimum absolute atomic E-state index is 0.231. The van der Waals surface area contributed by atoms with Gasteiger partial charge in [-0.1, -0.05) is 11.6 Å². The average Bonchev–Trinajstić information content (AvgIpc) is 2.80. The Balaban J connectivity index is 2.11. The molecule has 0 saturated carbocycles. The number of halogens is 2. The number of hydrogen-bond donors (Lipinski definition) is 2. The van der Waals surface area contributed by atoms with Crippen LogP contribution in [0.25, 0.3) is 0 Å². The van der Waals surface area contributed by atoms with Crippen LogP contribution in [0.4, 0.5) is 5.69 Å². The number of rotatable bonds is 4. The second-order valence-corrected chi connectivity index (χ2v) is 5.09. The second kappa shape index (κ2) is 6.12. The Morgan fingerprint density at radius 2 is 2.26 bits per heavy atom. The smallest absolute Gasteiger partial charge is 0.272 e. The maximum atomic E-state index is 11.9. The van der Waals surface area contributed by atoms with Gasteiger partial charge in [0.05, 0.1) is 11.6 Å². The van der Waals surface area contributed by atoms with Crippen LogP contribution in [0.1, 0.15) is 17.4 Å². The summed E-state index contributed by atoms with van der Waals surface area (Å²) in [5.74, 6) is 0.371. The lowest BCUT2D eigenvalue weighted by atomic mass is 10.3. The summed E-state index contributed by atoms with van der Waals surface area (Å²) < 4.78 is 6.15. The number of aromatic amines is 1. The summed E-state index contributed by atoms with van der Waals surface area (Å²) in [6.45, 7) is 2.43. The normalized spacial score (nSPS) is 10.3. The molecular formula is C13H12BrClN2O2. The number of nitrogens with one attached hydrogen (secondary N) is 2. The lowest BCUT2D eigenvalue weighted by Gasteiger charge is -2.08. The number of benzene rings is 1. The van der Waals surface area contributed by atoms with Crippen molar-refractivity contribution in [2.75, 3.05) is 11.9 Å². The number of carbonyl (C=O) groups is 1. The van der Waals surface area contributed by atoms with Gasteiger partial charge in [-0.15, -0.1) is 0 Å². The molecule has 0 aliphatic carbocycles. The van der Waals surface area contributed by atoms with Crippen molar-refractivity contribution in [3.8, 4) is 5.75 Å². The van der Waals surface area contributed by atoms with Crippen LogP contribution in [0.15, 0.2) is 34.9 Å². The summed E-state index contributed by atoms with van der Waals surface area (Å²) >= 11 is 9.33. The van der Waals surface area contributed by atoms with E-state index in [4.69, 9.17) is 16.3 Å². The lowest BCUT2D eigenvalue weighted by Crippen LogP contribution is -2.12. The monoisotopic (exact) mass is 342 g/mol. The Morgan fingerprint density at radius 1 is 1.47 bits per heavy atom. The Bertz CT molecular complexity index is 598. The molecule has 0 radical (unpaired) electrons. The van der Waals surface area contributed by atoms with E-state index in [1.807, 2.05) is 6.92 Å². The van der Waals surface area contributed by atoms with E-state index in [1.54, 1.807) is 30.5 Å². The van der Waals surface area contributed by atoms with Gasteiger partial charge in [-0.2, -0.15) is 0 Å². The molecule has 0 saturated heterocycles. The van der Waals surface area contributed by atoms with Gasteiger partial charge < -0.3 is 15.0 Å². The minimum atomic E-state index is -0.231. The van der Waals surface area contributed by atoms with Gasteiger partial charge in [0.15, 0.2) is 0 Å². The maximum absolute atomic E-state index is 11.9. The van der Waals surface area contributed by atoms with Gasteiger partial charge in [-0.05, 0) is 47.1 Å². The van der Waals surface area contributed by atoms with Crippen LogP contribution < -0.4 is 10.1 Å². The van der Waals surface area contributed by atoms with Crippen molar-refractivity contribution in [3.05, 3.63) is 45.7 Å². The molecule has 0 fully saturated rings. The van der Waals surface area contributed by atoms with Crippen LogP contribution in [0.2, 0.25) is 5.02 Å². The number of ether oxygens (including phenoxy) is 1. The zero-order valence-corrected chi connectivity index (χ0v) is 12.5. The van der Waals surface area contributed by atoms with Gasteiger partial charge in [-0.25, -0.2) is 0 Å². The predicted molar refractivity (Wildman–Crippen MR) is 79.1 cm³/mol. The van der Waals surface area contributed by atoms with E-state index in [2.05, 4.69) is 26.2 Å². The van der Waals surface area contributed by atoms with Gasteiger partial charge in [0.2, 0.25) is 0 Å². The molecule has 0 bridgehead atoms. The molecule has 0 atom stereocenters. The van der Waals surface area contributed by atoms with Crippen molar-refractivity contribution in [1.82, 2.24) is 4.98 Å². The first-order valence-corrected chi connectivity index (χ1v) is 6.85. The zero-order chi connectivity index (χ0) is 13.8. The van der Waals surface area contributed by atoms with Crippen molar-refractivity contribution < 1.29 is 9.53 Å². The molecule has 1 amide bonds. The van der Waals surface area contributed by atoms with Crippen molar-refractivity contribution in [3.63, 3.8) is 0 Å². The summed E-state index contributed by atoms with van der Waals surface area (Å²) in [4.78, 5) is 14.8. The van der Waals surface area contributed by atoms with Crippen LogP contribution >= 0.6 is 27.5 Å². The molecule has 100 valence electrons. The van der Waals surface area contributed by atoms with Crippen LogP contribution in [-0.2, 0) is 0 Å². The fourth-order valence-electron chi connectivity index (χ4n) is 1.55. The van der Waals surface area contributed by atoms with Gasteiger partial charge in [0.25, 0.3) is 5.91 Å². The molecule has 2 N–H and O–H groups in total. The van der Waals surface area contributed by atoms with Gasteiger partial charge in [0.1, 0.15) is 11.4 Å². The quantitative estimate of drug-likeness (QED) is 0.879. The van der Waals surface area contributed by atoms with Gasteiger partial charge in [0, 0.05) is 16.4 Å². The van der Waals surface area contributed by atoms with Crippen molar-refractivity contribution >= 4 is 39.1 Å². The molecule has 0 unspecified atom stereocenters. The molecule has 2 aromatic rings. The molecule has 2 rings (SSSR count). The van der Waals surface area contributed by atoms with E-state index in [1.165, 1.54) is 0 Å². The number of amides is 1. The number of aromatic nitrogens is 1. The van der Waals surface area contributed by atoms with E-state index in [-0.39, 0.29) is 5.91 Å². The van der Waals surface area contributed by atoms with E-state index in [9.17, 15) is 4.79 Å². The molecule has 0 aliphatic rings. The van der Waals surface area contributed by atoms with Crippen molar-refractivity contribution in [2.24, 2.45) is 0 Å². The van der Waals surface area contributed by atoms with E-state index >= 15 is 0 Å². The summed E-state index contributed by atoms with van der Waals surface area (Å²) in [5.41, 5.74) is 1.08. The summed E-state index contributed by atoms with van der Waals surface area (Å²) in [5, 5.41) is 3.22. The third-order valence-corrected chi connectivity index (χ3v) is 3.14. The maximum Gasteiger partial charge on any atom is 0.272 e. The average molecular weight is 344 g/mol. The van der Waals surface area contributed by atoms with E-state index in [0.29, 0.717) is 28.8 Å². The topological polar surface area (TPSA) is 54.1 Å². The highest BCUT2D eigenvalue weighted by Gasteiger charge is 2.09. The molecule has 19 heavy (non-hydrogen) atoms. The highest BCUT2D eigenvalue weighted by molar-refractivity contribution is 9.10. The molecule has 4 nitrogen and oxygen atoms in total. The highest BCUT2D eigenvalue weighted by atomic mass is 79.9. The molecule has 0 aliphatic heterocycles. The number of hydrogen-bond acceptors (Lipinski definition) is 2. The van der Waals surface area contributed by atoms with E-state index in [0.717, 1.165) is 4.47 Å². The Morgan fingerprint density at radius 3 is 2.84 bits per heavy atom. The van der Waals surface area contributed by atoms with Crippen molar-refractivity contribution in [2.45, 2.75) is 6.92 Å². The van der Waals surface area contributed by atoms with Crippen molar-refractivity contribution in [1.29, 1.82) is 0 Å². The molecule has 1 aromatic heterocycles. The van der Waals surface area contributed by atoms with Crippen LogP contribution in [-0.4, -0.2) is 17.5 Å². The third kappa shape index (κ3) is 3.52. The predicted octanol–water partition coefficient (Wildman–Crippen LogP) is 4.08. The second-order valence-electron chi connectivity index (χ2n) is 3.76. The molecule has 6 heteroatoms. The van der Waals surface area contributed by atoms with Crippen LogP contribution in [0, 0.1) is 0 Å². The summed E-state index contributed by atoms with van der Waals surface area (Å²) in [6.07, 6.45) is 1.69. The van der Waals surface area contributed by atoms with Gasteiger partial charge in [-0.3, -0.25) is 4.79 Å². The Hall–Kier alpha value is -1.46. The Kier molecular flexibility index (Phi) is 4.50. The molecule has 1 aromatic carbocycles. The largest absolute Gasteiger partial charge is 0.492 e.